The highest BCUT2D eigenvalue weighted by Crippen LogP contribution is 2.14. The number of ether oxygens (including phenoxy) is 1. The van der Waals surface area contributed by atoms with Crippen LogP contribution < -0.4 is 5.73 Å². The number of nitrogens with two attached hydrogens (primary N) is 1. The molecule has 17 heavy (non-hydrogen) atoms. The summed E-state index contributed by atoms with van der Waals surface area (Å²) in [6.07, 6.45) is 5.08. The lowest BCUT2D eigenvalue weighted by Gasteiger charge is -2.35. The SMILES string of the molecule is CCCN1CCOC(C(N)CCCC(C)C)C1. The quantitative estimate of drug-likeness (QED) is 0.744. The van der Waals surface area contributed by atoms with Gasteiger partial charge in [-0.2, -0.15) is 0 Å². The van der Waals surface area contributed by atoms with E-state index in [0.717, 1.165) is 32.0 Å². The van der Waals surface area contributed by atoms with Gasteiger partial charge in [0.1, 0.15) is 0 Å². The monoisotopic (exact) mass is 242 g/mol. The van der Waals surface area contributed by atoms with E-state index in [9.17, 15) is 0 Å². The molecular weight excluding hydrogens is 212 g/mol. The number of nitrogens with zero attached hydrogens (tertiary/aromatic N) is 1. The van der Waals surface area contributed by atoms with Crippen LogP contribution in [-0.2, 0) is 4.74 Å². The van der Waals surface area contributed by atoms with Crippen LogP contribution in [0.2, 0.25) is 0 Å². The normalized spacial score (nSPS) is 24.2. The van der Waals surface area contributed by atoms with Crippen molar-refractivity contribution in [2.45, 2.75) is 58.6 Å². The summed E-state index contributed by atoms with van der Waals surface area (Å²) in [5.41, 5.74) is 6.24. The molecule has 1 aliphatic heterocycles. The maximum atomic E-state index is 6.24. The van der Waals surface area contributed by atoms with Crippen LogP contribution in [-0.4, -0.2) is 43.3 Å². The zero-order chi connectivity index (χ0) is 12.7. The van der Waals surface area contributed by atoms with Gasteiger partial charge in [-0.05, 0) is 25.3 Å². The molecular formula is C14H30N2O. The Balaban J connectivity index is 2.23. The molecule has 3 nitrogen and oxygen atoms in total. The van der Waals surface area contributed by atoms with Crippen LogP contribution >= 0.6 is 0 Å². The molecule has 1 aliphatic rings. The number of morpholine rings is 1. The molecule has 0 bridgehead atoms. The van der Waals surface area contributed by atoms with E-state index in [-0.39, 0.29) is 12.1 Å². The molecule has 0 aliphatic carbocycles. The van der Waals surface area contributed by atoms with E-state index in [1.165, 1.54) is 25.8 Å². The lowest BCUT2D eigenvalue weighted by molar-refractivity contribution is -0.0416. The molecule has 1 fully saturated rings. The first-order chi connectivity index (χ1) is 8.13. The van der Waals surface area contributed by atoms with Gasteiger partial charge in [-0.25, -0.2) is 0 Å². The predicted octanol–water partition coefficient (Wildman–Crippen LogP) is 2.25. The molecule has 1 heterocycles. The fourth-order valence-electron chi connectivity index (χ4n) is 2.46. The molecule has 0 aromatic carbocycles. The minimum absolute atomic E-state index is 0.216. The first-order valence-corrected chi connectivity index (χ1v) is 7.23. The van der Waals surface area contributed by atoms with Crippen LogP contribution in [0.15, 0.2) is 0 Å². The highest BCUT2D eigenvalue weighted by Gasteiger charge is 2.24. The van der Waals surface area contributed by atoms with E-state index >= 15 is 0 Å². The van der Waals surface area contributed by atoms with Crippen LogP contribution in [0.3, 0.4) is 0 Å². The van der Waals surface area contributed by atoms with E-state index in [0.29, 0.717) is 0 Å². The topological polar surface area (TPSA) is 38.5 Å². The number of hydrogen-bond acceptors (Lipinski definition) is 3. The summed E-state index contributed by atoms with van der Waals surface area (Å²) in [5, 5.41) is 0. The fraction of sp³-hybridized carbons (Fsp3) is 1.00. The second-order valence-corrected chi connectivity index (χ2v) is 5.70. The molecule has 0 saturated carbocycles. The van der Waals surface area contributed by atoms with Crippen molar-refractivity contribution in [1.82, 2.24) is 4.90 Å². The summed E-state index contributed by atoms with van der Waals surface area (Å²) in [4.78, 5) is 2.48. The first-order valence-electron chi connectivity index (χ1n) is 7.23. The van der Waals surface area contributed by atoms with Gasteiger partial charge in [0.05, 0.1) is 12.7 Å². The standard InChI is InChI=1S/C14H30N2O/c1-4-8-16-9-10-17-14(11-16)13(15)7-5-6-12(2)3/h12-14H,4-11,15H2,1-3H3. The molecule has 1 rings (SSSR count). The van der Waals surface area contributed by atoms with Gasteiger partial charge in [0, 0.05) is 19.1 Å². The average molecular weight is 242 g/mol. The van der Waals surface area contributed by atoms with Crippen LogP contribution in [0.4, 0.5) is 0 Å². The Morgan fingerprint density at radius 3 is 2.76 bits per heavy atom. The van der Waals surface area contributed by atoms with Gasteiger partial charge in [0.25, 0.3) is 0 Å². The Bertz CT molecular complexity index is 195. The summed E-state index contributed by atoms with van der Waals surface area (Å²) >= 11 is 0. The van der Waals surface area contributed by atoms with Crippen LogP contribution in [0.1, 0.15) is 46.5 Å². The number of rotatable bonds is 7. The lowest BCUT2D eigenvalue weighted by atomic mass is 9.99. The fourth-order valence-corrected chi connectivity index (χ4v) is 2.46. The lowest BCUT2D eigenvalue weighted by Crippen LogP contribution is -2.50. The molecule has 3 heteroatoms. The van der Waals surface area contributed by atoms with Crippen molar-refractivity contribution in [3.8, 4) is 0 Å². The maximum absolute atomic E-state index is 6.24. The molecule has 1 saturated heterocycles. The third-order valence-electron chi connectivity index (χ3n) is 3.51. The third-order valence-corrected chi connectivity index (χ3v) is 3.51. The molecule has 0 spiro atoms. The molecule has 102 valence electrons. The zero-order valence-electron chi connectivity index (χ0n) is 11.8. The molecule has 0 aromatic heterocycles. The minimum atomic E-state index is 0.216. The molecule has 0 aromatic rings. The summed E-state index contributed by atoms with van der Waals surface area (Å²) in [7, 11) is 0. The summed E-state index contributed by atoms with van der Waals surface area (Å²) in [6.45, 7) is 10.9. The van der Waals surface area contributed by atoms with Gasteiger partial charge in [-0.1, -0.05) is 33.6 Å². The Hall–Kier alpha value is -0.120. The Kier molecular flexibility index (Phi) is 7.09. The molecule has 0 radical (unpaired) electrons. The Morgan fingerprint density at radius 1 is 1.35 bits per heavy atom. The summed E-state index contributed by atoms with van der Waals surface area (Å²) in [5.74, 6) is 0.783. The summed E-state index contributed by atoms with van der Waals surface area (Å²) < 4.78 is 5.81. The maximum Gasteiger partial charge on any atom is 0.0853 e. The van der Waals surface area contributed by atoms with Crippen molar-refractivity contribution < 1.29 is 4.74 Å². The first kappa shape index (κ1) is 14.9. The average Bonchev–Trinajstić information content (AvgIpc) is 2.29. The van der Waals surface area contributed by atoms with Crippen LogP contribution in [0.5, 0.6) is 0 Å². The van der Waals surface area contributed by atoms with E-state index < -0.39 is 0 Å². The van der Waals surface area contributed by atoms with E-state index in [1.807, 2.05) is 0 Å². The third kappa shape index (κ3) is 5.84. The second kappa shape index (κ2) is 8.06. The van der Waals surface area contributed by atoms with Gasteiger partial charge in [0.2, 0.25) is 0 Å². The second-order valence-electron chi connectivity index (χ2n) is 5.70. The largest absolute Gasteiger partial charge is 0.374 e. The molecule has 2 atom stereocenters. The van der Waals surface area contributed by atoms with Crippen molar-refractivity contribution in [3.05, 3.63) is 0 Å². The summed E-state index contributed by atoms with van der Waals surface area (Å²) in [6, 6.07) is 0.216. The van der Waals surface area contributed by atoms with Crippen molar-refractivity contribution in [1.29, 1.82) is 0 Å². The number of hydrogen-bond donors (Lipinski definition) is 1. The van der Waals surface area contributed by atoms with Gasteiger partial charge >= 0.3 is 0 Å². The van der Waals surface area contributed by atoms with Crippen molar-refractivity contribution >= 4 is 0 Å². The highest BCUT2D eigenvalue weighted by atomic mass is 16.5. The van der Waals surface area contributed by atoms with E-state index in [2.05, 4.69) is 25.7 Å². The Morgan fingerprint density at radius 2 is 2.12 bits per heavy atom. The van der Waals surface area contributed by atoms with Gasteiger partial charge in [-0.3, -0.25) is 4.90 Å². The van der Waals surface area contributed by atoms with E-state index in [1.54, 1.807) is 0 Å². The van der Waals surface area contributed by atoms with Crippen LogP contribution in [0.25, 0.3) is 0 Å². The highest BCUT2D eigenvalue weighted by molar-refractivity contribution is 4.80. The molecule has 0 amide bonds. The smallest absolute Gasteiger partial charge is 0.0853 e. The van der Waals surface area contributed by atoms with Gasteiger partial charge < -0.3 is 10.5 Å². The van der Waals surface area contributed by atoms with Crippen molar-refractivity contribution in [2.24, 2.45) is 11.7 Å². The van der Waals surface area contributed by atoms with Gasteiger partial charge in [-0.15, -0.1) is 0 Å². The van der Waals surface area contributed by atoms with Crippen LogP contribution in [0, 0.1) is 5.92 Å². The van der Waals surface area contributed by atoms with E-state index in [4.69, 9.17) is 10.5 Å². The minimum Gasteiger partial charge on any atom is -0.374 e. The molecule has 2 N–H and O–H groups in total. The Labute approximate surface area is 107 Å². The predicted molar refractivity (Wildman–Crippen MR) is 73.1 cm³/mol. The van der Waals surface area contributed by atoms with Gasteiger partial charge in [0.15, 0.2) is 0 Å². The molecule has 2 unspecified atom stereocenters. The zero-order valence-corrected chi connectivity index (χ0v) is 11.8. The van der Waals surface area contributed by atoms with Crippen molar-refractivity contribution in [3.63, 3.8) is 0 Å². The van der Waals surface area contributed by atoms with Crippen molar-refractivity contribution in [2.75, 3.05) is 26.2 Å².